The molecule has 1 fully saturated rings. The summed E-state index contributed by atoms with van der Waals surface area (Å²) in [7, 11) is 1.59. The topological polar surface area (TPSA) is 70.7 Å². The van der Waals surface area contributed by atoms with Crippen LogP contribution < -0.4 is 20.3 Å². The number of urea groups is 1. The first kappa shape index (κ1) is 18.4. The molecule has 1 aliphatic heterocycles. The van der Waals surface area contributed by atoms with Crippen LogP contribution in [-0.2, 0) is 4.79 Å². The number of rotatable bonds is 4. The lowest BCUT2D eigenvalue weighted by atomic mass is 10.2. The van der Waals surface area contributed by atoms with Crippen LogP contribution in [0.1, 0.15) is 6.42 Å². The van der Waals surface area contributed by atoms with E-state index in [4.69, 9.17) is 27.9 Å². The lowest BCUT2D eigenvalue weighted by Gasteiger charge is -2.18. The standard InChI is InChI=1S/C18H17Cl2N3O3/c1-26-14-5-3-13(4-6-14)23-10-12(9-17(23)24)22-18(25)21-11-2-7-15(19)16(20)8-11/h2-8,12H,9-10H2,1H3,(H2,21,22,25). The number of anilines is 2. The van der Waals surface area contributed by atoms with Gasteiger partial charge in [0.15, 0.2) is 0 Å². The number of halogens is 2. The predicted molar refractivity (Wildman–Crippen MR) is 102 cm³/mol. The van der Waals surface area contributed by atoms with Crippen molar-refractivity contribution in [3.05, 3.63) is 52.5 Å². The third-order valence-corrected chi connectivity index (χ3v) is 4.76. The van der Waals surface area contributed by atoms with Gasteiger partial charge in [-0.2, -0.15) is 0 Å². The summed E-state index contributed by atoms with van der Waals surface area (Å²) in [5.41, 5.74) is 1.29. The van der Waals surface area contributed by atoms with E-state index in [1.165, 1.54) is 0 Å². The average Bonchev–Trinajstić information content (AvgIpc) is 2.98. The Morgan fingerprint density at radius 3 is 2.54 bits per heavy atom. The summed E-state index contributed by atoms with van der Waals surface area (Å²) in [5, 5.41) is 6.25. The Labute approximate surface area is 161 Å². The van der Waals surface area contributed by atoms with Gasteiger partial charge < -0.3 is 20.3 Å². The first-order valence-electron chi connectivity index (χ1n) is 7.93. The van der Waals surface area contributed by atoms with Crippen molar-refractivity contribution in [2.24, 2.45) is 0 Å². The molecule has 136 valence electrons. The Bertz CT molecular complexity index is 827. The van der Waals surface area contributed by atoms with E-state index in [1.54, 1.807) is 42.3 Å². The molecule has 0 radical (unpaired) electrons. The van der Waals surface area contributed by atoms with Gasteiger partial charge in [0.1, 0.15) is 5.75 Å². The first-order valence-corrected chi connectivity index (χ1v) is 8.69. The highest BCUT2D eigenvalue weighted by molar-refractivity contribution is 6.42. The van der Waals surface area contributed by atoms with Gasteiger partial charge in [0.2, 0.25) is 5.91 Å². The minimum atomic E-state index is -0.405. The summed E-state index contributed by atoms with van der Waals surface area (Å²) >= 11 is 11.8. The Hall–Kier alpha value is -2.44. The van der Waals surface area contributed by atoms with Gasteiger partial charge in [0.05, 0.1) is 23.2 Å². The molecule has 1 unspecified atom stereocenters. The number of benzene rings is 2. The molecule has 1 heterocycles. The zero-order valence-electron chi connectivity index (χ0n) is 14.0. The number of amides is 3. The number of hydrogen-bond donors (Lipinski definition) is 2. The molecule has 1 saturated heterocycles. The summed E-state index contributed by atoms with van der Waals surface area (Å²) < 4.78 is 5.12. The van der Waals surface area contributed by atoms with Crippen LogP contribution in [-0.4, -0.2) is 31.6 Å². The molecule has 3 amide bonds. The van der Waals surface area contributed by atoms with Crippen molar-refractivity contribution in [1.82, 2.24) is 5.32 Å². The highest BCUT2D eigenvalue weighted by Crippen LogP contribution is 2.26. The molecule has 3 rings (SSSR count). The van der Waals surface area contributed by atoms with E-state index in [-0.39, 0.29) is 18.4 Å². The van der Waals surface area contributed by atoms with Crippen LogP contribution in [0.5, 0.6) is 5.75 Å². The summed E-state index contributed by atoms with van der Waals surface area (Å²) in [4.78, 5) is 26.0. The number of hydrogen-bond acceptors (Lipinski definition) is 3. The van der Waals surface area contributed by atoms with E-state index in [0.717, 1.165) is 11.4 Å². The molecular weight excluding hydrogens is 377 g/mol. The van der Waals surface area contributed by atoms with Gasteiger partial charge in [0.25, 0.3) is 0 Å². The van der Waals surface area contributed by atoms with Gasteiger partial charge >= 0.3 is 6.03 Å². The van der Waals surface area contributed by atoms with Gasteiger partial charge in [-0.15, -0.1) is 0 Å². The number of carbonyl (C=O) groups excluding carboxylic acids is 2. The number of methoxy groups -OCH3 is 1. The lowest BCUT2D eigenvalue weighted by Crippen LogP contribution is -2.39. The van der Waals surface area contributed by atoms with E-state index in [9.17, 15) is 9.59 Å². The van der Waals surface area contributed by atoms with Crippen LogP contribution >= 0.6 is 23.2 Å². The van der Waals surface area contributed by atoms with E-state index in [1.807, 2.05) is 12.1 Å². The molecule has 0 aliphatic carbocycles. The van der Waals surface area contributed by atoms with Crippen LogP contribution in [0.25, 0.3) is 0 Å². The van der Waals surface area contributed by atoms with Gasteiger partial charge in [-0.25, -0.2) is 4.79 Å². The SMILES string of the molecule is COc1ccc(N2CC(NC(=O)Nc3ccc(Cl)c(Cl)c3)CC2=O)cc1. The van der Waals surface area contributed by atoms with Crippen LogP contribution in [0.3, 0.4) is 0 Å². The van der Waals surface area contributed by atoms with E-state index >= 15 is 0 Å². The quantitative estimate of drug-likeness (QED) is 0.826. The molecule has 0 aromatic heterocycles. The number of nitrogens with zero attached hydrogens (tertiary/aromatic N) is 1. The van der Waals surface area contributed by atoms with Crippen LogP contribution in [0, 0.1) is 0 Å². The Morgan fingerprint density at radius 2 is 1.88 bits per heavy atom. The molecule has 0 bridgehead atoms. The van der Waals surface area contributed by atoms with Crippen molar-refractivity contribution in [2.75, 3.05) is 23.9 Å². The molecular formula is C18H17Cl2N3O3. The highest BCUT2D eigenvalue weighted by atomic mass is 35.5. The number of nitrogens with one attached hydrogen (secondary N) is 2. The Morgan fingerprint density at radius 1 is 1.15 bits per heavy atom. The van der Waals surface area contributed by atoms with Crippen molar-refractivity contribution >= 4 is 46.5 Å². The third kappa shape index (κ3) is 4.20. The van der Waals surface area contributed by atoms with E-state index < -0.39 is 6.03 Å². The second kappa shape index (κ2) is 7.85. The van der Waals surface area contributed by atoms with Gasteiger partial charge in [-0.3, -0.25) is 4.79 Å². The van der Waals surface area contributed by atoms with Gasteiger partial charge in [0, 0.05) is 24.3 Å². The third-order valence-electron chi connectivity index (χ3n) is 4.02. The molecule has 8 heteroatoms. The molecule has 2 aromatic rings. The fraction of sp³-hybridized carbons (Fsp3) is 0.222. The van der Waals surface area contributed by atoms with Crippen LogP contribution in [0.4, 0.5) is 16.2 Å². The summed E-state index contributed by atoms with van der Waals surface area (Å²) in [6.45, 7) is 0.403. The predicted octanol–water partition coefficient (Wildman–Crippen LogP) is 3.93. The molecule has 6 nitrogen and oxygen atoms in total. The minimum Gasteiger partial charge on any atom is -0.497 e. The largest absolute Gasteiger partial charge is 0.497 e. The summed E-state index contributed by atoms with van der Waals surface area (Å²) in [5.74, 6) is 0.672. The average molecular weight is 394 g/mol. The van der Waals surface area contributed by atoms with Crippen molar-refractivity contribution in [3.63, 3.8) is 0 Å². The maximum Gasteiger partial charge on any atom is 0.319 e. The summed E-state index contributed by atoms with van der Waals surface area (Å²) in [6, 6.07) is 11.3. The molecule has 26 heavy (non-hydrogen) atoms. The molecule has 0 spiro atoms. The van der Waals surface area contributed by atoms with Crippen molar-refractivity contribution in [3.8, 4) is 5.75 Å². The minimum absolute atomic E-state index is 0.0463. The fourth-order valence-electron chi connectivity index (χ4n) is 2.74. The molecule has 1 aliphatic rings. The zero-order chi connectivity index (χ0) is 18.7. The molecule has 2 aromatic carbocycles. The van der Waals surface area contributed by atoms with E-state index in [2.05, 4.69) is 10.6 Å². The van der Waals surface area contributed by atoms with Crippen LogP contribution in [0.15, 0.2) is 42.5 Å². The van der Waals surface area contributed by atoms with Crippen LogP contribution in [0.2, 0.25) is 10.0 Å². The van der Waals surface area contributed by atoms with Gasteiger partial charge in [-0.05, 0) is 42.5 Å². The monoisotopic (exact) mass is 393 g/mol. The number of carbonyl (C=O) groups is 2. The molecule has 2 N–H and O–H groups in total. The fourth-order valence-corrected chi connectivity index (χ4v) is 3.04. The molecule has 1 atom stereocenters. The van der Waals surface area contributed by atoms with E-state index in [0.29, 0.717) is 22.3 Å². The van der Waals surface area contributed by atoms with Crippen molar-refractivity contribution in [2.45, 2.75) is 12.5 Å². The van der Waals surface area contributed by atoms with Crippen molar-refractivity contribution < 1.29 is 14.3 Å². The van der Waals surface area contributed by atoms with Gasteiger partial charge in [-0.1, -0.05) is 23.2 Å². The second-order valence-electron chi connectivity index (χ2n) is 5.83. The smallest absolute Gasteiger partial charge is 0.319 e. The Kier molecular flexibility index (Phi) is 5.54. The molecule has 0 saturated carbocycles. The second-order valence-corrected chi connectivity index (χ2v) is 6.65. The highest BCUT2D eigenvalue weighted by Gasteiger charge is 2.31. The normalized spacial score (nSPS) is 16.5. The van der Waals surface area contributed by atoms with Crippen molar-refractivity contribution in [1.29, 1.82) is 0 Å². The maximum atomic E-state index is 12.3. The first-order chi connectivity index (χ1) is 12.5. The maximum absolute atomic E-state index is 12.3. The summed E-state index contributed by atoms with van der Waals surface area (Å²) in [6.07, 6.45) is 0.237. The lowest BCUT2D eigenvalue weighted by molar-refractivity contribution is -0.117. The zero-order valence-corrected chi connectivity index (χ0v) is 15.5. The Balaban J connectivity index is 1.59. The number of ether oxygens (including phenoxy) is 1.